The predicted molar refractivity (Wildman–Crippen MR) is 89.9 cm³/mol. The fourth-order valence-corrected chi connectivity index (χ4v) is 3.55. The van der Waals surface area contributed by atoms with Crippen molar-refractivity contribution in [1.82, 2.24) is 9.88 Å². The number of β-amino-alcohol motifs (C(OH)–C–C–N with tert-alkyl or cyclic N) is 1. The topological polar surface area (TPSA) is 89.7 Å². The molecule has 2 heterocycles. The number of aliphatic hydroxyl groups is 1. The van der Waals surface area contributed by atoms with E-state index in [0.717, 1.165) is 42.3 Å². The minimum atomic E-state index is -0.223. The van der Waals surface area contributed by atoms with Gasteiger partial charge in [-0.3, -0.25) is 9.89 Å². The van der Waals surface area contributed by atoms with Crippen molar-refractivity contribution in [3.05, 3.63) is 17.5 Å². The van der Waals surface area contributed by atoms with E-state index in [9.17, 15) is 5.11 Å². The number of likely N-dealkylation sites (tertiary alicyclic amines) is 1. The Kier molecular flexibility index (Phi) is 6.10. The minimum absolute atomic E-state index is 0.223. The Bertz CT molecular complexity index is 476. The van der Waals surface area contributed by atoms with Crippen LogP contribution in [0, 0.1) is 5.92 Å². The monoisotopic (exact) mass is 311 g/mol. The van der Waals surface area contributed by atoms with Crippen LogP contribution in [0.4, 0.5) is 5.69 Å². The third kappa shape index (κ3) is 4.00. The maximum atomic E-state index is 10.1. The first kappa shape index (κ1) is 16.4. The van der Waals surface area contributed by atoms with Gasteiger partial charge in [0.2, 0.25) is 0 Å². The summed E-state index contributed by atoms with van der Waals surface area (Å²) in [4.78, 5) is 9.47. The molecular formula is C14H25N5OS. The second-order valence-electron chi connectivity index (χ2n) is 5.38. The van der Waals surface area contributed by atoms with Gasteiger partial charge >= 0.3 is 0 Å². The molecule has 0 spiro atoms. The number of aliphatic imine (C=N–C) groups is 1. The second kappa shape index (κ2) is 7.84. The van der Waals surface area contributed by atoms with Crippen molar-refractivity contribution in [3.8, 4) is 0 Å². The van der Waals surface area contributed by atoms with Crippen molar-refractivity contribution >= 4 is 23.8 Å². The second-order valence-corrected chi connectivity index (χ2v) is 6.29. The number of nitrogens with zero attached hydrogens (tertiary/aromatic N) is 2. The van der Waals surface area contributed by atoms with E-state index in [4.69, 9.17) is 5.73 Å². The molecule has 1 fully saturated rings. The highest BCUT2D eigenvalue weighted by Crippen LogP contribution is 2.26. The van der Waals surface area contributed by atoms with Gasteiger partial charge in [0, 0.05) is 50.9 Å². The van der Waals surface area contributed by atoms with Gasteiger partial charge in [0.05, 0.1) is 23.8 Å². The van der Waals surface area contributed by atoms with E-state index in [-0.39, 0.29) is 6.10 Å². The van der Waals surface area contributed by atoms with Crippen LogP contribution in [0.25, 0.3) is 0 Å². The normalized spacial score (nSPS) is 23.2. The van der Waals surface area contributed by atoms with Gasteiger partial charge < -0.3 is 21.1 Å². The lowest BCUT2D eigenvalue weighted by Gasteiger charge is -2.16. The lowest BCUT2D eigenvalue weighted by atomic mass is 10.1. The summed E-state index contributed by atoms with van der Waals surface area (Å²) in [6.45, 7) is 2.93. The number of nitrogens with two attached hydrogens (primary N) is 1. The van der Waals surface area contributed by atoms with Crippen LogP contribution in [0.3, 0.4) is 0 Å². The van der Waals surface area contributed by atoms with Crippen LogP contribution >= 0.6 is 11.8 Å². The van der Waals surface area contributed by atoms with E-state index in [1.54, 1.807) is 25.1 Å². The molecule has 118 valence electrons. The number of aromatic amines is 1. The zero-order valence-electron chi connectivity index (χ0n) is 12.7. The molecule has 0 amide bonds. The van der Waals surface area contributed by atoms with Gasteiger partial charge in [0.1, 0.15) is 0 Å². The Morgan fingerprint density at radius 1 is 1.62 bits per heavy atom. The Balaban J connectivity index is 2.04. The molecule has 21 heavy (non-hydrogen) atoms. The molecule has 7 heteroatoms. The molecule has 0 radical (unpaired) electrons. The lowest BCUT2D eigenvalue weighted by Crippen LogP contribution is -2.21. The number of rotatable bonds is 7. The van der Waals surface area contributed by atoms with Crippen molar-refractivity contribution in [2.45, 2.75) is 19.2 Å². The van der Waals surface area contributed by atoms with Gasteiger partial charge in [-0.1, -0.05) is 0 Å². The molecule has 6 nitrogen and oxygen atoms in total. The molecule has 2 rings (SSSR count). The number of H-pyrrole nitrogens is 1. The maximum Gasteiger partial charge on any atom is 0.0864 e. The van der Waals surface area contributed by atoms with E-state index in [1.807, 2.05) is 6.20 Å². The van der Waals surface area contributed by atoms with Gasteiger partial charge in [-0.25, -0.2) is 0 Å². The number of anilines is 1. The van der Waals surface area contributed by atoms with Gasteiger partial charge in [0.15, 0.2) is 0 Å². The summed E-state index contributed by atoms with van der Waals surface area (Å²) in [6, 6.07) is 0. The van der Waals surface area contributed by atoms with Crippen molar-refractivity contribution < 1.29 is 5.11 Å². The van der Waals surface area contributed by atoms with Crippen molar-refractivity contribution in [2.24, 2.45) is 16.6 Å². The number of hydrogen-bond acceptors (Lipinski definition) is 5. The molecule has 2 atom stereocenters. The van der Waals surface area contributed by atoms with Crippen molar-refractivity contribution in [3.63, 3.8) is 0 Å². The highest BCUT2D eigenvalue weighted by atomic mass is 32.2. The van der Waals surface area contributed by atoms with Gasteiger partial charge in [-0.2, -0.15) is 11.8 Å². The number of thioether (sulfide) groups is 1. The molecule has 1 aliphatic heterocycles. The van der Waals surface area contributed by atoms with Crippen LogP contribution in [0.2, 0.25) is 0 Å². The zero-order chi connectivity index (χ0) is 15.2. The third-order valence-electron chi connectivity index (χ3n) is 3.84. The fourth-order valence-electron chi connectivity index (χ4n) is 2.80. The van der Waals surface area contributed by atoms with Crippen LogP contribution in [0.15, 0.2) is 11.2 Å². The zero-order valence-corrected chi connectivity index (χ0v) is 13.5. The summed E-state index contributed by atoms with van der Waals surface area (Å²) in [6.07, 6.45) is 5.52. The van der Waals surface area contributed by atoms with E-state index in [1.165, 1.54) is 0 Å². The fraction of sp³-hybridized carbons (Fsp3) is 0.643. The summed E-state index contributed by atoms with van der Waals surface area (Å²) in [7, 11) is 1.73. The Hall–Kier alpha value is -1.02. The largest absolute Gasteiger partial charge is 0.391 e. The van der Waals surface area contributed by atoms with Crippen LogP contribution in [-0.2, 0) is 13.1 Å². The van der Waals surface area contributed by atoms with E-state index in [2.05, 4.69) is 26.4 Å². The van der Waals surface area contributed by atoms with Crippen LogP contribution in [0.5, 0.6) is 0 Å². The standard InChI is InChI=1S/C14H25N5OS/c1-16-9-18-14-10(4-17-12(14)3-15)5-19-6-11(8-21-2)13(20)7-19/h4,9,11,13,17,20H,3,5-8,15H2,1-2H3,(H,16,18)/t11-,13+/m1/s1. The number of aromatic nitrogens is 1. The van der Waals surface area contributed by atoms with Crippen LogP contribution < -0.4 is 11.1 Å². The van der Waals surface area contributed by atoms with E-state index >= 15 is 0 Å². The van der Waals surface area contributed by atoms with Crippen molar-refractivity contribution in [1.29, 1.82) is 0 Å². The lowest BCUT2D eigenvalue weighted by molar-refractivity contribution is 0.149. The molecule has 1 aromatic heterocycles. The van der Waals surface area contributed by atoms with E-state index < -0.39 is 0 Å². The molecular weight excluding hydrogens is 286 g/mol. The molecule has 1 aliphatic rings. The number of nitrogens with one attached hydrogen (secondary N) is 2. The molecule has 1 saturated heterocycles. The van der Waals surface area contributed by atoms with Crippen LogP contribution in [-0.4, -0.2) is 59.6 Å². The average molecular weight is 311 g/mol. The summed E-state index contributed by atoms with van der Waals surface area (Å²) in [5.74, 6) is 1.37. The molecule has 0 saturated carbocycles. The highest BCUT2D eigenvalue weighted by molar-refractivity contribution is 7.98. The minimum Gasteiger partial charge on any atom is -0.391 e. The summed E-state index contributed by atoms with van der Waals surface area (Å²) < 4.78 is 0. The number of hydrogen-bond donors (Lipinski definition) is 4. The molecule has 1 aromatic rings. The van der Waals surface area contributed by atoms with Gasteiger partial charge in [-0.15, -0.1) is 0 Å². The SMILES string of the molecule is CN=CNc1c(CN2C[C@H](CSC)[C@@H](O)C2)c[nH]c1CN. The van der Waals surface area contributed by atoms with Crippen molar-refractivity contribution in [2.75, 3.05) is 37.5 Å². The van der Waals surface area contributed by atoms with Gasteiger partial charge in [0.25, 0.3) is 0 Å². The third-order valence-corrected chi connectivity index (χ3v) is 4.60. The predicted octanol–water partition coefficient (Wildman–Crippen LogP) is 0.699. The summed E-state index contributed by atoms with van der Waals surface area (Å²) in [5.41, 5.74) is 8.90. The first-order chi connectivity index (χ1) is 10.2. The van der Waals surface area contributed by atoms with E-state index in [0.29, 0.717) is 12.5 Å². The molecule has 0 unspecified atom stereocenters. The quantitative estimate of drug-likeness (QED) is 0.440. The van der Waals surface area contributed by atoms with Crippen LogP contribution in [0.1, 0.15) is 11.3 Å². The first-order valence-electron chi connectivity index (χ1n) is 7.15. The molecule has 0 bridgehead atoms. The smallest absolute Gasteiger partial charge is 0.0864 e. The average Bonchev–Trinajstić information content (AvgIpc) is 3.01. The summed E-state index contributed by atoms with van der Waals surface area (Å²) >= 11 is 1.79. The Morgan fingerprint density at radius 2 is 2.43 bits per heavy atom. The Morgan fingerprint density at radius 3 is 3.10 bits per heavy atom. The molecule has 0 aromatic carbocycles. The Labute approximate surface area is 130 Å². The molecule has 0 aliphatic carbocycles. The summed E-state index contributed by atoms with van der Waals surface area (Å²) in [5, 5.41) is 13.3. The molecule has 5 N–H and O–H groups in total. The first-order valence-corrected chi connectivity index (χ1v) is 8.54. The van der Waals surface area contributed by atoms with Gasteiger partial charge in [-0.05, 0) is 12.0 Å². The maximum absolute atomic E-state index is 10.1. The highest BCUT2D eigenvalue weighted by Gasteiger charge is 2.31. The number of aliphatic hydroxyl groups excluding tert-OH is 1.